The van der Waals surface area contributed by atoms with E-state index in [1.54, 1.807) is 25.4 Å². The monoisotopic (exact) mass is 246 g/mol. The standard InChI is InChI=1S/C14H15FN2O/c1-16-13(10-5-3-6-11(15)9-10)14-12(18-2)7-4-8-17-14/h3-9,13,16H,1-2H3. The van der Waals surface area contributed by atoms with Crippen LogP contribution < -0.4 is 10.1 Å². The summed E-state index contributed by atoms with van der Waals surface area (Å²) >= 11 is 0. The van der Waals surface area contributed by atoms with Gasteiger partial charge in [0.05, 0.1) is 13.2 Å². The number of rotatable bonds is 4. The van der Waals surface area contributed by atoms with Gasteiger partial charge in [0.2, 0.25) is 0 Å². The number of nitrogens with zero attached hydrogens (tertiary/aromatic N) is 1. The topological polar surface area (TPSA) is 34.2 Å². The molecule has 0 aliphatic rings. The van der Waals surface area contributed by atoms with Crippen LogP contribution in [0.3, 0.4) is 0 Å². The number of hydrogen-bond donors (Lipinski definition) is 1. The Labute approximate surface area is 106 Å². The Morgan fingerprint density at radius 2 is 2.11 bits per heavy atom. The summed E-state index contributed by atoms with van der Waals surface area (Å²) in [6.45, 7) is 0. The molecule has 1 unspecified atom stereocenters. The summed E-state index contributed by atoms with van der Waals surface area (Å²) in [5.74, 6) is 0.420. The quantitative estimate of drug-likeness (QED) is 0.900. The van der Waals surface area contributed by atoms with Crippen LogP contribution in [0.4, 0.5) is 4.39 Å². The van der Waals surface area contributed by atoms with Crippen molar-refractivity contribution in [2.75, 3.05) is 14.2 Å². The van der Waals surface area contributed by atoms with Crippen LogP contribution in [0.15, 0.2) is 42.6 Å². The fourth-order valence-electron chi connectivity index (χ4n) is 1.94. The minimum absolute atomic E-state index is 0.197. The molecule has 1 aromatic carbocycles. The van der Waals surface area contributed by atoms with Gasteiger partial charge in [0, 0.05) is 6.20 Å². The third-order valence-corrected chi connectivity index (χ3v) is 2.76. The molecule has 0 saturated carbocycles. The van der Waals surface area contributed by atoms with E-state index in [9.17, 15) is 4.39 Å². The molecule has 1 heterocycles. The van der Waals surface area contributed by atoms with E-state index in [0.29, 0.717) is 5.75 Å². The Balaban J connectivity index is 2.45. The highest BCUT2D eigenvalue weighted by Gasteiger charge is 2.17. The molecule has 3 nitrogen and oxygen atoms in total. The minimum atomic E-state index is -0.261. The number of hydrogen-bond acceptors (Lipinski definition) is 3. The normalized spacial score (nSPS) is 12.2. The molecule has 1 aromatic heterocycles. The second-order valence-electron chi connectivity index (χ2n) is 3.87. The van der Waals surface area contributed by atoms with Gasteiger partial charge in [-0.2, -0.15) is 0 Å². The first-order valence-electron chi connectivity index (χ1n) is 5.68. The van der Waals surface area contributed by atoms with Gasteiger partial charge in [-0.15, -0.1) is 0 Å². The van der Waals surface area contributed by atoms with Gasteiger partial charge in [0.15, 0.2) is 0 Å². The van der Waals surface area contributed by atoms with Crippen LogP contribution in [-0.2, 0) is 0 Å². The number of benzene rings is 1. The molecular formula is C14H15FN2O. The summed E-state index contributed by atoms with van der Waals surface area (Å²) in [6, 6.07) is 9.91. The molecule has 0 aliphatic carbocycles. The minimum Gasteiger partial charge on any atom is -0.495 e. The zero-order valence-corrected chi connectivity index (χ0v) is 10.4. The Morgan fingerprint density at radius 1 is 1.28 bits per heavy atom. The van der Waals surface area contributed by atoms with Crippen molar-refractivity contribution in [1.82, 2.24) is 10.3 Å². The van der Waals surface area contributed by atoms with Gasteiger partial charge in [-0.05, 0) is 36.9 Å². The first-order chi connectivity index (χ1) is 8.76. The highest BCUT2D eigenvalue weighted by Crippen LogP contribution is 2.27. The van der Waals surface area contributed by atoms with Crippen LogP contribution in [0.5, 0.6) is 5.75 Å². The molecule has 0 aliphatic heterocycles. The summed E-state index contributed by atoms with van der Waals surface area (Å²) in [6.07, 6.45) is 1.70. The van der Waals surface area contributed by atoms with Crippen molar-refractivity contribution in [2.24, 2.45) is 0 Å². The van der Waals surface area contributed by atoms with Gasteiger partial charge in [-0.1, -0.05) is 12.1 Å². The van der Waals surface area contributed by atoms with Crippen molar-refractivity contribution in [2.45, 2.75) is 6.04 Å². The molecule has 0 saturated heterocycles. The Morgan fingerprint density at radius 3 is 2.78 bits per heavy atom. The summed E-state index contributed by atoms with van der Waals surface area (Å²) in [7, 11) is 3.41. The number of halogens is 1. The maximum Gasteiger partial charge on any atom is 0.142 e. The fraction of sp³-hybridized carbons (Fsp3) is 0.214. The van der Waals surface area contributed by atoms with Crippen molar-refractivity contribution < 1.29 is 9.13 Å². The molecule has 0 radical (unpaired) electrons. The van der Waals surface area contributed by atoms with Gasteiger partial charge in [-0.3, -0.25) is 4.98 Å². The third kappa shape index (κ3) is 2.49. The first kappa shape index (κ1) is 12.5. The van der Waals surface area contributed by atoms with Gasteiger partial charge in [-0.25, -0.2) is 4.39 Å². The Kier molecular flexibility index (Phi) is 3.89. The summed E-state index contributed by atoms with van der Waals surface area (Å²) < 4.78 is 18.6. The largest absolute Gasteiger partial charge is 0.495 e. The number of aromatic nitrogens is 1. The summed E-state index contributed by atoms with van der Waals surface area (Å²) in [5.41, 5.74) is 1.56. The van der Waals surface area contributed by atoms with E-state index in [1.165, 1.54) is 12.1 Å². The van der Waals surface area contributed by atoms with Crippen molar-refractivity contribution in [1.29, 1.82) is 0 Å². The Hall–Kier alpha value is -1.94. The lowest BCUT2D eigenvalue weighted by atomic mass is 10.0. The number of pyridine rings is 1. The van der Waals surface area contributed by atoms with Gasteiger partial charge in [0.25, 0.3) is 0 Å². The molecule has 4 heteroatoms. The van der Waals surface area contributed by atoms with Crippen LogP contribution in [0, 0.1) is 5.82 Å². The highest BCUT2D eigenvalue weighted by atomic mass is 19.1. The van der Waals surface area contributed by atoms with Crippen LogP contribution in [0.1, 0.15) is 17.3 Å². The second kappa shape index (κ2) is 5.60. The first-order valence-corrected chi connectivity index (χ1v) is 5.68. The number of ether oxygens (including phenoxy) is 1. The summed E-state index contributed by atoms with van der Waals surface area (Å²) in [5, 5.41) is 3.13. The van der Waals surface area contributed by atoms with Crippen molar-refractivity contribution >= 4 is 0 Å². The van der Waals surface area contributed by atoms with Gasteiger partial charge in [0.1, 0.15) is 17.3 Å². The van der Waals surface area contributed by atoms with Crippen LogP contribution in [0.2, 0.25) is 0 Å². The molecule has 0 amide bonds. The predicted molar refractivity (Wildman–Crippen MR) is 68.1 cm³/mol. The van der Waals surface area contributed by atoms with E-state index < -0.39 is 0 Å². The van der Waals surface area contributed by atoms with E-state index in [0.717, 1.165) is 11.3 Å². The fourth-order valence-corrected chi connectivity index (χ4v) is 1.94. The van der Waals surface area contributed by atoms with Crippen LogP contribution in [0.25, 0.3) is 0 Å². The lowest BCUT2D eigenvalue weighted by Gasteiger charge is -2.18. The average molecular weight is 246 g/mol. The molecule has 0 bridgehead atoms. The summed E-state index contributed by atoms with van der Waals surface area (Å²) in [4.78, 5) is 4.32. The number of nitrogens with one attached hydrogen (secondary N) is 1. The zero-order chi connectivity index (χ0) is 13.0. The molecular weight excluding hydrogens is 231 g/mol. The van der Waals surface area contributed by atoms with Gasteiger partial charge < -0.3 is 10.1 Å². The predicted octanol–water partition coefficient (Wildman–Crippen LogP) is 2.54. The zero-order valence-electron chi connectivity index (χ0n) is 10.4. The molecule has 1 N–H and O–H groups in total. The molecule has 0 fully saturated rings. The molecule has 2 rings (SSSR count). The second-order valence-corrected chi connectivity index (χ2v) is 3.87. The Bertz CT molecular complexity index is 531. The van der Waals surface area contributed by atoms with Crippen molar-refractivity contribution in [3.05, 3.63) is 59.7 Å². The molecule has 0 spiro atoms. The van der Waals surface area contributed by atoms with Crippen LogP contribution >= 0.6 is 0 Å². The SMILES string of the molecule is CNC(c1cccc(F)c1)c1ncccc1OC. The lowest BCUT2D eigenvalue weighted by molar-refractivity contribution is 0.401. The van der Waals surface area contributed by atoms with E-state index in [-0.39, 0.29) is 11.9 Å². The number of methoxy groups -OCH3 is 1. The van der Waals surface area contributed by atoms with E-state index in [4.69, 9.17) is 4.74 Å². The van der Waals surface area contributed by atoms with E-state index in [1.807, 2.05) is 19.2 Å². The van der Waals surface area contributed by atoms with Crippen molar-refractivity contribution in [3.8, 4) is 5.75 Å². The maximum absolute atomic E-state index is 13.3. The molecule has 18 heavy (non-hydrogen) atoms. The van der Waals surface area contributed by atoms with E-state index >= 15 is 0 Å². The van der Waals surface area contributed by atoms with Crippen molar-refractivity contribution in [3.63, 3.8) is 0 Å². The third-order valence-electron chi connectivity index (χ3n) is 2.76. The average Bonchev–Trinajstić information content (AvgIpc) is 2.40. The van der Waals surface area contributed by atoms with Crippen LogP contribution in [-0.4, -0.2) is 19.1 Å². The van der Waals surface area contributed by atoms with Gasteiger partial charge >= 0.3 is 0 Å². The highest BCUT2D eigenvalue weighted by molar-refractivity contribution is 5.36. The maximum atomic E-state index is 13.3. The smallest absolute Gasteiger partial charge is 0.142 e. The lowest BCUT2D eigenvalue weighted by Crippen LogP contribution is -2.19. The van der Waals surface area contributed by atoms with E-state index in [2.05, 4.69) is 10.3 Å². The molecule has 1 atom stereocenters. The molecule has 2 aromatic rings. The molecule has 94 valence electrons.